The van der Waals surface area contributed by atoms with Gasteiger partial charge in [-0.05, 0) is 57.8 Å². The monoisotopic (exact) mass is 986 g/mol. The van der Waals surface area contributed by atoms with E-state index in [0.717, 1.165) is 44.9 Å². The summed E-state index contributed by atoms with van der Waals surface area (Å²) in [6, 6.07) is -0.632. The molecule has 2 atom stereocenters. The van der Waals surface area contributed by atoms with Crippen LogP contribution >= 0.6 is 0 Å². The van der Waals surface area contributed by atoms with E-state index >= 15 is 0 Å². The largest absolute Gasteiger partial charge is 0.466 e. The molecule has 1 amide bonds. The molecule has 0 saturated heterocycles. The number of ether oxygens (including phenoxy) is 1. The normalized spacial score (nSPS) is 12.7. The van der Waals surface area contributed by atoms with Crippen molar-refractivity contribution in [3.05, 3.63) is 24.3 Å². The molecule has 0 rings (SSSR count). The van der Waals surface area contributed by atoms with E-state index in [-0.39, 0.29) is 18.5 Å². The second-order valence-electron chi connectivity index (χ2n) is 21.7. The minimum absolute atomic E-state index is 0.00302. The smallest absolute Gasteiger partial charge is 0.305 e. The van der Waals surface area contributed by atoms with Gasteiger partial charge >= 0.3 is 5.97 Å². The highest BCUT2D eigenvalue weighted by Gasteiger charge is 2.18. The third kappa shape index (κ3) is 55.7. The average molecular weight is 987 g/mol. The van der Waals surface area contributed by atoms with E-state index in [1.54, 1.807) is 6.08 Å². The summed E-state index contributed by atoms with van der Waals surface area (Å²) >= 11 is 0. The molecule has 0 aliphatic carbocycles. The van der Waals surface area contributed by atoms with E-state index in [9.17, 15) is 19.8 Å². The van der Waals surface area contributed by atoms with Gasteiger partial charge in [0.15, 0.2) is 0 Å². The number of hydrogen-bond acceptors (Lipinski definition) is 5. The fourth-order valence-corrected chi connectivity index (χ4v) is 9.87. The maximum atomic E-state index is 12.5. The molecule has 0 aliphatic heterocycles. The first-order valence-corrected chi connectivity index (χ1v) is 31.6. The molecular formula is C64H123NO5. The number of rotatable bonds is 59. The van der Waals surface area contributed by atoms with Gasteiger partial charge in [0, 0.05) is 12.8 Å². The number of nitrogens with one attached hydrogen (secondary N) is 1. The third-order valence-corrected chi connectivity index (χ3v) is 14.7. The van der Waals surface area contributed by atoms with Crippen molar-refractivity contribution in [2.75, 3.05) is 13.2 Å². The zero-order valence-electron chi connectivity index (χ0n) is 47.3. The molecule has 0 bridgehead atoms. The number of allylic oxidation sites excluding steroid dienone is 3. The van der Waals surface area contributed by atoms with Crippen LogP contribution in [-0.2, 0) is 14.3 Å². The average Bonchev–Trinajstić information content (AvgIpc) is 3.36. The summed E-state index contributed by atoms with van der Waals surface area (Å²) in [5.41, 5.74) is 0. The maximum Gasteiger partial charge on any atom is 0.305 e. The Balaban J connectivity index is 3.45. The molecule has 0 saturated carbocycles. The van der Waals surface area contributed by atoms with Gasteiger partial charge in [0.1, 0.15) is 0 Å². The lowest BCUT2D eigenvalue weighted by Crippen LogP contribution is -2.45. The van der Waals surface area contributed by atoms with E-state index < -0.39 is 12.1 Å². The highest BCUT2D eigenvalue weighted by atomic mass is 16.5. The van der Waals surface area contributed by atoms with Crippen molar-refractivity contribution < 1.29 is 24.5 Å². The SMILES string of the molecule is CCCCC/C=C\CCCCCCCC(=O)OCCCCCCCCCCCCCCCCCCCCC(=O)NC(CO)C(O)/C=C/CCCCCCCCCCCCCCCCCCCCCCC. The second kappa shape index (κ2) is 59.9. The number of unbranched alkanes of at least 4 members (excludes halogenated alkanes) is 46. The van der Waals surface area contributed by atoms with E-state index in [1.165, 1.54) is 276 Å². The molecule has 6 nitrogen and oxygen atoms in total. The van der Waals surface area contributed by atoms with E-state index in [0.29, 0.717) is 19.4 Å². The lowest BCUT2D eigenvalue weighted by atomic mass is 10.0. The van der Waals surface area contributed by atoms with E-state index in [1.807, 2.05) is 6.08 Å². The molecule has 6 heteroatoms. The van der Waals surface area contributed by atoms with Crippen LogP contribution in [0.25, 0.3) is 0 Å². The summed E-state index contributed by atoms with van der Waals surface area (Å²) in [6.45, 7) is 4.89. The van der Waals surface area contributed by atoms with Gasteiger partial charge < -0.3 is 20.3 Å². The fraction of sp³-hybridized carbons (Fsp3) is 0.906. The fourth-order valence-electron chi connectivity index (χ4n) is 9.87. The maximum absolute atomic E-state index is 12.5. The molecule has 0 aromatic carbocycles. The Bertz CT molecular complexity index is 1090. The molecule has 0 radical (unpaired) electrons. The van der Waals surface area contributed by atoms with E-state index in [2.05, 4.69) is 31.3 Å². The highest BCUT2D eigenvalue weighted by molar-refractivity contribution is 5.76. The molecule has 0 heterocycles. The highest BCUT2D eigenvalue weighted by Crippen LogP contribution is 2.18. The summed E-state index contributed by atoms with van der Waals surface area (Å²) in [5.74, 6) is -0.0717. The lowest BCUT2D eigenvalue weighted by molar-refractivity contribution is -0.143. The first-order valence-electron chi connectivity index (χ1n) is 31.6. The Morgan fingerprint density at radius 1 is 0.386 bits per heavy atom. The van der Waals surface area contributed by atoms with E-state index in [4.69, 9.17) is 4.74 Å². The summed E-state index contributed by atoms with van der Waals surface area (Å²) in [6.07, 6.45) is 73.6. The zero-order chi connectivity index (χ0) is 50.7. The standard InChI is InChI=1S/C64H123NO5/c1-3-5-7-9-11-13-15-17-18-19-20-21-22-23-24-27-30-33-36-40-44-48-52-56-62(67)61(60-66)65-63(68)57-53-49-45-41-37-34-31-28-25-26-29-32-35-39-43-47-51-55-59-70-64(69)58-54-50-46-42-38-16-14-12-10-8-6-4-2/h12,14,52,56,61-62,66-67H,3-11,13,15-51,53-55,57-60H2,1-2H3,(H,65,68)/b14-12-,56-52+. The molecule has 0 aromatic rings. The van der Waals surface area contributed by atoms with Gasteiger partial charge in [-0.3, -0.25) is 9.59 Å². The van der Waals surface area contributed by atoms with Crippen LogP contribution < -0.4 is 5.32 Å². The predicted octanol–water partition coefficient (Wildman–Crippen LogP) is 19.8. The third-order valence-electron chi connectivity index (χ3n) is 14.7. The zero-order valence-corrected chi connectivity index (χ0v) is 47.3. The van der Waals surface area contributed by atoms with Crippen LogP contribution in [0, 0.1) is 0 Å². The van der Waals surface area contributed by atoms with Gasteiger partial charge in [0.2, 0.25) is 5.91 Å². The molecule has 0 spiro atoms. The molecular weight excluding hydrogens is 863 g/mol. The Morgan fingerprint density at radius 2 is 0.671 bits per heavy atom. The Hall–Kier alpha value is -1.66. The van der Waals surface area contributed by atoms with Crippen LogP contribution in [0.3, 0.4) is 0 Å². The number of esters is 1. The molecule has 3 N–H and O–H groups in total. The van der Waals surface area contributed by atoms with Gasteiger partial charge in [0.25, 0.3) is 0 Å². The van der Waals surface area contributed by atoms with Crippen molar-refractivity contribution in [1.29, 1.82) is 0 Å². The van der Waals surface area contributed by atoms with Gasteiger partial charge in [-0.1, -0.05) is 301 Å². The van der Waals surface area contributed by atoms with Crippen LogP contribution in [0.5, 0.6) is 0 Å². The second-order valence-corrected chi connectivity index (χ2v) is 21.7. The van der Waals surface area contributed by atoms with Crippen molar-refractivity contribution in [3.63, 3.8) is 0 Å². The van der Waals surface area contributed by atoms with Crippen LogP contribution in [0.1, 0.15) is 348 Å². The Morgan fingerprint density at radius 3 is 1.04 bits per heavy atom. The summed E-state index contributed by atoms with van der Waals surface area (Å²) in [4.78, 5) is 24.5. The van der Waals surface area contributed by atoms with Crippen LogP contribution in [0.4, 0.5) is 0 Å². The molecule has 0 aliphatic rings. The summed E-state index contributed by atoms with van der Waals surface area (Å²) in [5, 5.41) is 23.2. The number of aliphatic hydroxyl groups excluding tert-OH is 2. The van der Waals surface area contributed by atoms with Gasteiger partial charge in [-0.2, -0.15) is 0 Å². The summed E-state index contributed by atoms with van der Waals surface area (Å²) < 4.78 is 5.46. The molecule has 414 valence electrons. The quantitative estimate of drug-likeness (QED) is 0.0321. The Labute approximate surface area is 437 Å². The number of amides is 1. The van der Waals surface area contributed by atoms with Crippen molar-refractivity contribution in [3.8, 4) is 0 Å². The van der Waals surface area contributed by atoms with Crippen molar-refractivity contribution in [1.82, 2.24) is 5.32 Å². The number of carbonyl (C=O) groups excluding carboxylic acids is 2. The number of aliphatic hydroxyl groups is 2. The van der Waals surface area contributed by atoms with Crippen LogP contribution in [0.2, 0.25) is 0 Å². The first kappa shape index (κ1) is 68.3. The van der Waals surface area contributed by atoms with Crippen molar-refractivity contribution in [2.45, 2.75) is 360 Å². The van der Waals surface area contributed by atoms with Crippen LogP contribution in [0.15, 0.2) is 24.3 Å². The first-order chi connectivity index (χ1) is 34.5. The van der Waals surface area contributed by atoms with Crippen LogP contribution in [-0.4, -0.2) is 47.4 Å². The predicted molar refractivity (Wildman–Crippen MR) is 306 cm³/mol. The van der Waals surface area contributed by atoms with Gasteiger partial charge in [-0.25, -0.2) is 0 Å². The van der Waals surface area contributed by atoms with Crippen molar-refractivity contribution >= 4 is 11.9 Å². The number of carbonyl (C=O) groups is 2. The Kier molecular flexibility index (Phi) is 58.5. The molecule has 2 unspecified atom stereocenters. The van der Waals surface area contributed by atoms with Crippen molar-refractivity contribution in [2.24, 2.45) is 0 Å². The summed E-state index contributed by atoms with van der Waals surface area (Å²) in [7, 11) is 0. The lowest BCUT2D eigenvalue weighted by Gasteiger charge is -2.20. The minimum atomic E-state index is -0.848. The molecule has 0 aromatic heterocycles. The minimum Gasteiger partial charge on any atom is -0.466 e. The number of hydrogen-bond donors (Lipinski definition) is 3. The molecule has 70 heavy (non-hydrogen) atoms. The van der Waals surface area contributed by atoms with Gasteiger partial charge in [0.05, 0.1) is 25.4 Å². The molecule has 0 fully saturated rings. The van der Waals surface area contributed by atoms with Gasteiger partial charge in [-0.15, -0.1) is 0 Å². The topological polar surface area (TPSA) is 95.9 Å².